The molecule has 11 heteroatoms. The Morgan fingerprint density at radius 2 is 1.53 bits per heavy atom. The number of pyridine rings is 1. The standard InChI is InChI=1S/C9H7N.C6H13NO.C4H12O6P2/c1-2-6-9-8(4-1)5-3-7-10-9;1-3-5-7-6(8)4-2;1-3-4(2,11(5,6)7)12(8,9)10/h1-7H;3-5H2,1-2H3,(H,7,8);3H2,1-2H3,(H2,5,6,7)(H2,8,9,10). The second-order valence-corrected chi connectivity index (χ2v) is 11.1. The van der Waals surface area contributed by atoms with E-state index in [2.05, 4.69) is 22.4 Å². The van der Waals surface area contributed by atoms with Crippen LogP contribution in [0.25, 0.3) is 10.9 Å². The molecule has 0 atom stereocenters. The van der Waals surface area contributed by atoms with Gasteiger partial charge >= 0.3 is 15.2 Å². The first-order valence-corrected chi connectivity index (χ1v) is 12.7. The number of carbonyl (C=O) groups is 1. The van der Waals surface area contributed by atoms with Gasteiger partial charge in [0, 0.05) is 24.5 Å². The molecule has 0 aliphatic rings. The number of amides is 1. The van der Waals surface area contributed by atoms with Crippen molar-refractivity contribution in [1.82, 2.24) is 10.3 Å². The Kier molecular flexibility index (Phi) is 12.3. The molecule has 0 unspecified atom stereocenters. The lowest BCUT2D eigenvalue weighted by Gasteiger charge is -2.29. The number of rotatable bonds is 6. The molecule has 0 aliphatic carbocycles. The van der Waals surface area contributed by atoms with Gasteiger partial charge in [-0.15, -0.1) is 0 Å². The van der Waals surface area contributed by atoms with E-state index in [-0.39, 0.29) is 12.3 Å². The molecule has 1 heterocycles. The predicted octanol–water partition coefficient (Wildman–Crippen LogP) is 3.63. The molecule has 5 N–H and O–H groups in total. The number of para-hydroxylation sites is 1. The summed E-state index contributed by atoms with van der Waals surface area (Å²) in [7, 11) is -9.54. The first-order chi connectivity index (χ1) is 13.8. The summed E-state index contributed by atoms with van der Waals surface area (Å²) in [4.78, 5) is 47.2. The molecular formula is C19H32N2O7P2. The van der Waals surface area contributed by atoms with E-state index in [1.807, 2.05) is 44.3 Å². The molecule has 1 aromatic carbocycles. The molecule has 0 saturated heterocycles. The minimum absolute atomic E-state index is 0.145. The molecule has 0 bridgehead atoms. The number of fused-ring (bicyclic) bond motifs is 1. The molecule has 1 amide bonds. The Bertz CT molecular complexity index is 793. The number of hydrogen-bond donors (Lipinski definition) is 5. The van der Waals surface area contributed by atoms with Crippen LogP contribution in [0.3, 0.4) is 0 Å². The average molecular weight is 462 g/mol. The molecule has 170 valence electrons. The topological polar surface area (TPSA) is 157 Å². The summed E-state index contributed by atoms with van der Waals surface area (Å²) in [6.07, 6.45) is 3.15. The van der Waals surface area contributed by atoms with Crippen molar-refractivity contribution in [2.75, 3.05) is 6.54 Å². The Morgan fingerprint density at radius 1 is 1.00 bits per heavy atom. The Labute approximate surface area is 177 Å². The summed E-state index contributed by atoms with van der Waals surface area (Å²) < 4.78 is 21.5. The van der Waals surface area contributed by atoms with Crippen LogP contribution in [0.15, 0.2) is 42.6 Å². The number of aromatic nitrogens is 1. The van der Waals surface area contributed by atoms with E-state index in [9.17, 15) is 13.9 Å². The van der Waals surface area contributed by atoms with Crippen LogP contribution in [0.2, 0.25) is 0 Å². The summed E-state index contributed by atoms with van der Waals surface area (Å²) in [5.74, 6) is 0.145. The Morgan fingerprint density at radius 3 is 1.93 bits per heavy atom. The highest BCUT2D eigenvalue weighted by atomic mass is 31.2. The lowest BCUT2D eigenvalue weighted by molar-refractivity contribution is -0.120. The third kappa shape index (κ3) is 9.04. The van der Waals surface area contributed by atoms with Gasteiger partial charge in [0.15, 0.2) is 4.90 Å². The molecule has 0 radical (unpaired) electrons. The van der Waals surface area contributed by atoms with E-state index in [4.69, 9.17) is 19.6 Å². The number of benzene rings is 1. The van der Waals surface area contributed by atoms with Gasteiger partial charge in [0.25, 0.3) is 0 Å². The molecule has 0 fully saturated rings. The van der Waals surface area contributed by atoms with Gasteiger partial charge in [-0.05, 0) is 31.9 Å². The summed E-state index contributed by atoms with van der Waals surface area (Å²) in [5.41, 5.74) is 1.06. The fraction of sp³-hybridized carbons (Fsp3) is 0.474. The van der Waals surface area contributed by atoms with Crippen molar-refractivity contribution in [3.05, 3.63) is 42.6 Å². The van der Waals surface area contributed by atoms with Crippen LogP contribution < -0.4 is 5.32 Å². The zero-order chi connectivity index (χ0) is 23.4. The smallest absolute Gasteiger partial charge is 0.343 e. The second-order valence-electron chi connectivity index (χ2n) is 6.56. The fourth-order valence-corrected chi connectivity index (χ4v) is 4.17. The van der Waals surface area contributed by atoms with Crippen molar-refractivity contribution >= 4 is 32.0 Å². The van der Waals surface area contributed by atoms with Crippen molar-refractivity contribution < 1.29 is 33.5 Å². The highest BCUT2D eigenvalue weighted by Gasteiger charge is 2.54. The van der Waals surface area contributed by atoms with Crippen molar-refractivity contribution in [3.8, 4) is 0 Å². The molecule has 30 heavy (non-hydrogen) atoms. The van der Waals surface area contributed by atoms with E-state index in [1.54, 1.807) is 0 Å². The maximum atomic E-state index is 10.7. The van der Waals surface area contributed by atoms with Crippen LogP contribution in [-0.4, -0.2) is 41.9 Å². The fourth-order valence-electron chi connectivity index (χ4n) is 1.99. The first kappa shape index (κ1) is 28.4. The van der Waals surface area contributed by atoms with E-state index < -0.39 is 20.1 Å². The third-order valence-electron chi connectivity index (χ3n) is 4.33. The highest BCUT2D eigenvalue weighted by molar-refractivity contribution is 7.72. The van der Waals surface area contributed by atoms with Gasteiger partial charge in [0.05, 0.1) is 5.52 Å². The van der Waals surface area contributed by atoms with E-state index in [0.717, 1.165) is 25.4 Å². The SMILES string of the molecule is CCC(C)(P(=O)(O)O)P(=O)(O)O.CCCNC(=O)CC.c1ccc2ncccc2c1. The predicted molar refractivity (Wildman–Crippen MR) is 118 cm³/mol. The molecule has 2 rings (SSSR count). The maximum Gasteiger partial charge on any atom is 0.343 e. The number of nitrogens with one attached hydrogen (secondary N) is 1. The molecule has 9 nitrogen and oxygen atoms in total. The van der Waals surface area contributed by atoms with Crippen LogP contribution in [0.5, 0.6) is 0 Å². The summed E-state index contributed by atoms with van der Waals surface area (Å²) in [6.45, 7) is 6.90. The largest absolute Gasteiger partial charge is 0.356 e. The summed E-state index contributed by atoms with van der Waals surface area (Å²) in [5, 5.41) is 3.94. The van der Waals surface area contributed by atoms with Crippen LogP contribution in [0.1, 0.15) is 47.0 Å². The van der Waals surface area contributed by atoms with Crippen molar-refractivity contribution in [1.29, 1.82) is 0 Å². The van der Waals surface area contributed by atoms with Gasteiger partial charge in [0.1, 0.15) is 0 Å². The van der Waals surface area contributed by atoms with Crippen LogP contribution in [0, 0.1) is 0 Å². The van der Waals surface area contributed by atoms with Gasteiger partial charge < -0.3 is 24.9 Å². The molecule has 0 aliphatic heterocycles. The van der Waals surface area contributed by atoms with Crippen LogP contribution >= 0.6 is 15.2 Å². The number of carbonyl (C=O) groups excluding carboxylic acids is 1. The van der Waals surface area contributed by atoms with Gasteiger partial charge in [-0.3, -0.25) is 18.9 Å². The quantitative estimate of drug-likeness (QED) is 0.407. The van der Waals surface area contributed by atoms with Gasteiger partial charge in [0.2, 0.25) is 5.91 Å². The number of nitrogens with zero attached hydrogens (tertiary/aromatic N) is 1. The lowest BCUT2D eigenvalue weighted by Crippen LogP contribution is -2.23. The lowest BCUT2D eigenvalue weighted by atomic mass is 10.2. The average Bonchev–Trinajstić information content (AvgIpc) is 2.70. The second kappa shape index (κ2) is 13.0. The monoisotopic (exact) mass is 462 g/mol. The minimum Gasteiger partial charge on any atom is -0.356 e. The van der Waals surface area contributed by atoms with Crippen molar-refractivity contribution in [3.63, 3.8) is 0 Å². The molecule has 2 aromatic rings. The van der Waals surface area contributed by atoms with E-state index >= 15 is 0 Å². The van der Waals surface area contributed by atoms with Crippen LogP contribution in [-0.2, 0) is 13.9 Å². The molecule has 0 saturated carbocycles. The summed E-state index contributed by atoms with van der Waals surface area (Å²) in [6, 6.07) is 12.1. The molecule has 1 aromatic heterocycles. The number of hydrogen-bond acceptors (Lipinski definition) is 4. The van der Waals surface area contributed by atoms with Crippen molar-refractivity contribution in [2.24, 2.45) is 0 Å². The maximum absolute atomic E-state index is 10.7. The zero-order valence-electron chi connectivity index (χ0n) is 17.7. The van der Waals surface area contributed by atoms with Gasteiger partial charge in [-0.25, -0.2) is 0 Å². The Balaban J connectivity index is 0.000000429. The molecule has 0 spiro atoms. The van der Waals surface area contributed by atoms with Crippen LogP contribution in [0.4, 0.5) is 0 Å². The highest BCUT2D eigenvalue weighted by Crippen LogP contribution is 2.70. The Hall–Kier alpha value is -1.60. The third-order valence-corrected chi connectivity index (χ3v) is 9.04. The van der Waals surface area contributed by atoms with Crippen molar-refractivity contribution in [2.45, 2.75) is 51.9 Å². The van der Waals surface area contributed by atoms with Gasteiger partial charge in [-0.2, -0.15) is 0 Å². The summed E-state index contributed by atoms with van der Waals surface area (Å²) >= 11 is 0. The minimum atomic E-state index is -4.77. The zero-order valence-corrected chi connectivity index (χ0v) is 19.5. The van der Waals surface area contributed by atoms with E-state index in [0.29, 0.717) is 6.42 Å². The molecular weight excluding hydrogens is 430 g/mol. The van der Waals surface area contributed by atoms with E-state index in [1.165, 1.54) is 12.3 Å². The first-order valence-electron chi connectivity index (χ1n) is 9.51. The van der Waals surface area contributed by atoms with Gasteiger partial charge in [-0.1, -0.05) is 45.0 Å². The normalized spacial score (nSPS) is 11.6.